The normalized spacial score (nSPS) is 25.8. The Bertz CT molecular complexity index is 204. The van der Waals surface area contributed by atoms with Gasteiger partial charge in [-0.05, 0) is 6.42 Å². The molecule has 1 spiro atoms. The van der Waals surface area contributed by atoms with Gasteiger partial charge in [-0.3, -0.25) is 0 Å². The van der Waals surface area contributed by atoms with E-state index in [0.29, 0.717) is 13.1 Å². The molecule has 0 radical (unpaired) electrons. The van der Waals surface area contributed by atoms with E-state index in [2.05, 4.69) is 12.2 Å². The SMILES string of the molecule is O=C(O)N1CC2(C=CC2)C1. The molecule has 2 aliphatic rings. The van der Waals surface area contributed by atoms with Crippen LogP contribution in [0.25, 0.3) is 0 Å². The molecule has 3 heteroatoms. The van der Waals surface area contributed by atoms with E-state index in [-0.39, 0.29) is 5.41 Å². The first-order valence-corrected chi connectivity index (χ1v) is 3.37. The highest BCUT2D eigenvalue weighted by molar-refractivity contribution is 5.67. The van der Waals surface area contributed by atoms with Crippen LogP contribution in [-0.2, 0) is 0 Å². The van der Waals surface area contributed by atoms with E-state index in [9.17, 15) is 4.79 Å². The molecule has 1 fully saturated rings. The third-order valence-corrected chi connectivity index (χ3v) is 2.28. The number of hydrogen-bond donors (Lipinski definition) is 1. The highest BCUT2D eigenvalue weighted by Crippen LogP contribution is 2.41. The summed E-state index contributed by atoms with van der Waals surface area (Å²) < 4.78 is 0. The Hall–Kier alpha value is -0.990. The molecule has 2 rings (SSSR count). The van der Waals surface area contributed by atoms with Crippen molar-refractivity contribution in [3.05, 3.63) is 12.2 Å². The van der Waals surface area contributed by atoms with Gasteiger partial charge in [0.1, 0.15) is 0 Å². The summed E-state index contributed by atoms with van der Waals surface area (Å²) in [5.74, 6) is 0. The van der Waals surface area contributed by atoms with Gasteiger partial charge < -0.3 is 10.0 Å². The maximum absolute atomic E-state index is 10.3. The van der Waals surface area contributed by atoms with Crippen LogP contribution in [0.4, 0.5) is 4.79 Å². The van der Waals surface area contributed by atoms with Crippen molar-refractivity contribution in [1.29, 1.82) is 0 Å². The summed E-state index contributed by atoms with van der Waals surface area (Å²) in [6.45, 7) is 1.41. The monoisotopic (exact) mass is 139 g/mol. The van der Waals surface area contributed by atoms with E-state index >= 15 is 0 Å². The molecule has 0 aromatic rings. The van der Waals surface area contributed by atoms with Gasteiger partial charge >= 0.3 is 6.09 Å². The second-order valence-electron chi connectivity index (χ2n) is 3.11. The molecule has 1 aliphatic carbocycles. The summed E-state index contributed by atoms with van der Waals surface area (Å²) in [5.41, 5.74) is 0.262. The Labute approximate surface area is 58.9 Å². The van der Waals surface area contributed by atoms with Gasteiger partial charge in [-0.1, -0.05) is 12.2 Å². The van der Waals surface area contributed by atoms with Crippen LogP contribution >= 0.6 is 0 Å². The Morgan fingerprint density at radius 3 is 2.50 bits per heavy atom. The predicted molar refractivity (Wildman–Crippen MR) is 35.8 cm³/mol. The average molecular weight is 139 g/mol. The maximum atomic E-state index is 10.3. The second kappa shape index (κ2) is 1.54. The Kier molecular flexibility index (Phi) is 0.886. The van der Waals surface area contributed by atoms with Crippen molar-refractivity contribution in [2.45, 2.75) is 6.42 Å². The Morgan fingerprint density at radius 2 is 2.20 bits per heavy atom. The first-order valence-electron chi connectivity index (χ1n) is 3.37. The van der Waals surface area contributed by atoms with Crippen LogP contribution in [0.2, 0.25) is 0 Å². The zero-order valence-corrected chi connectivity index (χ0v) is 5.58. The number of hydrogen-bond acceptors (Lipinski definition) is 1. The van der Waals surface area contributed by atoms with Crippen molar-refractivity contribution in [1.82, 2.24) is 4.90 Å². The van der Waals surface area contributed by atoms with Crippen molar-refractivity contribution >= 4 is 6.09 Å². The number of carboxylic acid groups (broad SMARTS) is 1. The minimum atomic E-state index is -0.786. The van der Waals surface area contributed by atoms with Gasteiger partial charge in [0.2, 0.25) is 0 Å². The van der Waals surface area contributed by atoms with Crippen LogP contribution < -0.4 is 0 Å². The summed E-state index contributed by atoms with van der Waals surface area (Å²) >= 11 is 0. The van der Waals surface area contributed by atoms with Gasteiger partial charge in [-0.15, -0.1) is 0 Å². The molecule has 1 saturated heterocycles. The molecular formula is C7H9NO2. The molecule has 0 atom stereocenters. The summed E-state index contributed by atoms with van der Waals surface area (Å²) in [4.78, 5) is 11.8. The van der Waals surface area contributed by atoms with Crippen molar-refractivity contribution in [3.63, 3.8) is 0 Å². The lowest BCUT2D eigenvalue weighted by atomic mass is 9.70. The van der Waals surface area contributed by atoms with Crippen molar-refractivity contribution in [3.8, 4) is 0 Å². The van der Waals surface area contributed by atoms with Gasteiger partial charge in [0.25, 0.3) is 0 Å². The highest BCUT2D eigenvalue weighted by Gasteiger charge is 2.45. The molecule has 1 N–H and O–H groups in total. The first kappa shape index (κ1) is 5.77. The smallest absolute Gasteiger partial charge is 0.407 e. The molecule has 1 heterocycles. The standard InChI is InChI=1S/C7H9NO2/c9-6(10)8-4-7(5-8)2-1-3-7/h1-2H,3-5H2,(H,9,10). The molecular weight excluding hydrogens is 130 g/mol. The molecule has 0 aromatic carbocycles. The summed E-state index contributed by atoms with van der Waals surface area (Å²) in [6, 6.07) is 0. The summed E-state index contributed by atoms with van der Waals surface area (Å²) in [5, 5.41) is 8.49. The Morgan fingerprint density at radius 1 is 1.60 bits per heavy atom. The number of likely N-dealkylation sites (tertiary alicyclic amines) is 1. The van der Waals surface area contributed by atoms with Crippen molar-refractivity contribution in [2.75, 3.05) is 13.1 Å². The number of rotatable bonds is 0. The van der Waals surface area contributed by atoms with Crippen molar-refractivity contribution < 1.29 is 9.90 Å². The number of allylic oxidation sites excluding steroid dienone is 1. The minimum absolute atomic E-state index is 0.262. The van der Waals surface area contributed by atoms with Crippen LogP contribution in [0.1, 0.15) is 6.42 Å². The average Bonchev–Trinajstić information content (AvgIpc) is 1.54. The fraction of sp³-hybridized carbons (Fsp3) is 0.571. The lowest BCUT2D eigenvalue weighted by Gasteiger charge is -2.50. The highest BCUT2D eigenvalue weighted by atomic mass is 16.4. The van der Waals surface area contributed by atoms with E-state index in [1.165, 1.54) is 4.90 Å². The fourth-order valence-corrected chi connectivity index (χ4v) is 1.53. The lowest BCUT2D eigenvalue weighted by Crippen LogP contribution is -2.58. The lowest BCUT2D eigenvalue weighted by molar-refractivity contribution is 0.0338. The van der Waals surface area contributed by atoms with Crippen molar-refractivity contribution in [2.24, 2.45) is 5.41 Å². The number of amides is 1. The number of nitrogens with zero attached hydrogens (tertiary/aromatic N) is 1. The second-order valence-corrected chi connectivity index (χ2v) is 3.11. The van der Waals surface area contributed by atoms with Crippen LogP contribution in [0.5, 0.6) is 0 Å². The Balaban J connectivity index is 1.94. The van der Waals surface area contributed by atoms with Gasteiger partial charge in [-0.2, -0.15) is 0 Å². The molecule has 0 saturated carbocycles. The van der Waals surface area contributed by atoms with Gasteiger partial charge in [-0.25, -0.2) is 4.79 Å². The molecule has 0 bridgehead atoms. The molecule has 1 aliphatic heterocycles. The minimum Gasteiger partial charge on any atom is -0.465 e. The van der Waals surface area contributed by atoms with Crippen LogP contribution in [0.15, 0.2) is 12.2 Å². The van der Waals surface area contributed by atoms with Crippen LogP contribution in [0, 0.1) is 5.41 Å². The first-order chi connectivity index (χ1) is 4.72. The largest absolute Gasteiger partial charge is 0.465 e. The van der Waals surface area contributed by atoms with E-state index in [1.54, 1.807) is 0 Å². The summed E-state index contributed by atoms with van der Waals surface area (Å²) in [7, 11) is 0. The van der Waals surface area contributed by atoms with E-state index < -0.39 is 6.09 Å². The molecule has 10 heavy (non-hydrogen) atoms. The molecule has 3 nitrogen and oxygen atoms in total. The summed E-state index contributed by atoms with van der Waals surface area (Å²) in [6.07, 6.45) is 4.49. The van der Waals surface area contributed by atoms with E-state index in [0.717, 1.165) is 6.42 Å². The third-order valence-electron chi connectivity index (χ3n) is 2.28. The van der Waals surface area contributed by atoms with Crippen LogP contribution in [-0.4, -0.2) is 29.2 Å². The quantitative estimate of drug-likeness (QED) is 0.507. The zero-order chi connectivity index (χ0) is 7.19. The van der Waals surface area contributed by atoms with Crippen LogP contribution in [0.3, 0.4) is 0 Å². The van der Waals surface area contributed by atoms with Gasteiger partial charge in [0.15, 0.2) is 0 Å². The fourth-order valence-electron chi connectivity index (χ4n) is 1.53. The number of carbonyl (C=O) groups is 1. The predicted octanol–water partition coefficient (Wildman–Crippen LogP) is 0.926. The van der Waals surface area contributed by atoms with Gasteiger partial charge in [0.05, 0.1) is 0 Å². The molecule has 0 unspecified atom stereocenters. The van der Waals surface area contributed by atoms with Gasteiger partial charge in [0, 0.05) is 18.5 Å². The molecule has 0 aromatic heterocycles. The third kappa shape index (κ3) is 0.574. The van der Waals surface area contributed by atoms with E-state index in [4.69, 9.17) is 5.11 Å². The maximum Gasteiger partial charge on any atom is 0.407 e. The zero-order valence-electron chi connectivity index (χ0n) is 5.58. The molecule has 1 amide bonds. The molecule has 54 valence electrons. The topological polar surface area (TPSA) is 40.5 Å². The van der Waals surface area contributed by atoms with E-state index in [1.807, 2.05) is 0 Å².